The number of imidazole rings is 1. The number of amides is 1. The molecule has 4 rings (SSSR count). The van der Waals surface area contributed by atoms with Gasteiger partial charge in [-0.1, -0.05) is 17.7 Å². The van der Waals surface area contributed by atoms with E-state index in [1.165, 1.54) is 0 Å². The van der Waals surface area contributed by atoms with Crippen LogP contribution in [0.4, 0.5) is 5.69 Å². The number of nitrogens with zero attached hydrogens (tertiary/aromatic N) is 3. The summed E-state index contributed by atoms with van der Waals surface area (Å²) in [5.74, 6) is 1.57. The molecular formula is C22H22ClN3O5. The zero-order chi connectivity index (χ0) is 22.2. The molecular weight excluding hydrogens is 422 g/mol. The summed E-state index contributed by atoms with van der Waals surface area (Å²) in [6.07, 6.45) is 4.07. The van der Waals surface area contributed by atoms with Crippen molar-refractivity contribution in [1.29, 1.82) is 0 Å². The van der Waals surface area contributed by atoms with Gasteiger partial charge in [0.1, 0.15) is 18.2 Å². The minimum atomic E-state index is -0.250. The molecule has 8 nitrogen and oxygen atoms in total. The second-order valence-corrected chi connectivity index (χ2v) is 7.14. The monoisotopic (exact) mass is 443 g/mol. The number of ether oxygens (including phenoxy) is 1. The Morgan fingerprint density at radius 3 is 2.65 bits per heavy atom. The molecule has 1 aromatic heterocycles. The first-order chi connectivity index (χ1) is 15.1. The van der Waals surface area contributed by atoms with E-state index < -0.39 is 0 Å². The van der Waals surface area contributed by atoms with Crippen molar-refractivity contribution in [2.24, 2.45) is 0 Å². The fourth-order valence-corrected chi connectivity index (χ4v) is 3.65. The molecule has 1 amide bonds. The van der Waals surface area contributed by atoms with Crippen LogP contribution in [0.1, 0.15) is 12.5 Å². The van der Waals surface area contributed by atoms with Crippen molar-refractivity contribution in [3.05, 3.63) is 65.9 Å². The van der Waals surface area contributed by atoms with Crippen LogP contribution in [-0.2, 0) is 9.59 Å². The van der Waals surface area contributed by atoms with Gasteiger partial charge in [-0.2, -0.15) is 0 Å². The lowest BCUT2D eigenvalue weighted by atomic mass is 10.2. The third kappa shape index (κ3) is 5.42. The Balaban J connectivity index is 0.000000858. The lowest BCUT2D eigenvalue weighted by molar-refractivity contribution is -0.123. The molecule has 1 aliphatic rings. The summed E-state index contributed by atoms with van der Waals surface area (Å²) in [7, 11) is 0. The molecule has 0 bridgehead atoms. The lowest BCUT2D eigenvalue weighted by Crippen LogP contribution is -2.24. The minimum Gasteiger partial charge on any atom is -0.491 e. The minimum absolute atomic E-state index is 0.00528. The van der Waals surface area contributed by atoms with Crippen molar-refractivity contribution < 1.29 is 24.5 Å². The van der Waals surface area contributed by atoms with Crippen LogP contribution in [0, 0.1) is 0 Å². The summed E-state index contributed by atoms with van der Waals surface area (Å²) in [6.45, 7) is 0.558. The molecule has 0 aliphatic carbocycles. The fraction of sp³-hybridized carbons (Fsp3) is 0.227. The normalized spacial score (nSPS) is 15.4. The van der Waals surface area contributed by atoms with Gasteiger partial charge in [0.15, 0.2) is 0 Å². The molecule has 1 saturated heterocycles. The van der Waals surface area contributed by atoms with Crippen LogP contribution in [0.2, 0.25) is 5.02 Å². The third-order valence-corrected chi connectivity index (χ3v) is 4.99. The molecule has 31 heavy (non-hydrogen) atoms. The van der Waals surface area contributed by atoms with Gasteiger partial charge in [-0.3, -0.25) is 9.59 Å². The Morgan fingerprint density at radius 1 is 1.23 bits per heavy atom. The Kier molecular flexibility index (Phi) is 7.64. The average molecular weight is 444 g/mol. The summed E-state index contributed by atoms with van der Waals surface area (Å²) in [5.41, 5.74) is 1.75. The van der Waals surface area contributed by atoms with E-state index in [0.717, 1.165) is 17.1 Å². The molecule has 1 fully saturated rings. The molecule has 1 unspecified atom stereocenters. The van der Waals surface area contributed by atoms with Gasteiger partial charge in [0.25, 0.3) is 6.47 Å². The van der Waals surface area contributed by atoms with Crippen molar-refractivity contribution in [2.75, 3.05) is 24.7 Å². The Morgan fingerprint density at radius 2 is 1.97 bits per heavy atom. The van der Waals surface area contributed by atoms with E-state index in [-0.39, 0.29) is 31.6 Å². The lowest BCUT2D eigenvalue weighted by Gasteiger charge is -2.18. The molecule has 2 aromatic carbocycles. The SMILES string of the molecule is O=C1CC(n2ccnc2-c2ccc(OCCO)cc2)CN1c1cccc(Cl)c1.O=CO. The van der Waals surface area contributed by atoms with Crippen molar-refractivity contribution in [1.82, 2.24) is 9.55 Å². The number of anilines is 1. The molecule has 3 aromatic rings. The van der Waals surface area contributed by atoms with E-state index in [1.54, 1.807) is 17.2 Å². The van der Waals surface area contributed by atoms with Crippen LogP contribution in [0.25, 0.3) is 11.4 Å². The van der Waals surface area contributed by atoms with Crippen LogP contribution < -0.4 is 9.64 Å². The zero-order valence-electron chi connectivity index (χ0n) is 16.6. The number of rotatable bonds is 6. The van der Waals surface area contributed by atoms with Gasteiger partial charge in [-0.05, 0) is 42.5 Å². The number of aliphatic hydroxyl groups excluding tert-OH is 1. The number of carbonyl (C=O) groups is 2. The maximum Gasteiger partial charge on any atom is 0.290 e. The van der Waals surface area contributed by atoms with Crippen LogP contribution in [0.15, 0.2) is 60.9 Å². The highest BCUT2D eigenvalue weighted by Gasteiger charge is 2.32. The van der Waals surface area contributed by atoms with Crippen molar-refractivity contribution >= 4 is 29.7 Å². The summed E-state index contributed by atoms with van der Waals surface area (Å²) in [5, 5.41) is 16.4. The molecule has 2 heterocycles. The van der Waals surface area contributed by atoms with Crippen molar-refractivity contribution in [3.63, 3.8) is 0 Å². The summed E-state index contributed by atoms with van der Waals surface area (Å²) < 4.78 is 7.45. The zero-order valence-corrected chi connectivity index (χ0v) is 17.4. The molecule has 1 atom stereocenters. The molecule has 2 N–H and O–H groups in total. The maximum atomic E-state index is 12.6. The number of aliphatic hydroxyl groups is 1. The fourth-order valence-electron chi connectivity index (χ4n) is 3.46. The number of carboxylic acid groups (broad SMARTS) is 1. The van der Waals surface area contributed by atoms with Crippen LogP contribution >= 0.6 is 11.6 Å². The predicted octanol–water partition coefficient (Wildman–Crippen LogP) is 3.25. The van der Waals surface area contributed by atoms with Gasteiger partial charge in [0.05, 0.1) is 12.6 Å². The van der Waals surface area contributed by atoms with E-state index in [9.17, 15) is 4.79 Å². The van der Waals surface area contributed by atoms with Crippen molar-refractivity contribution in [2.45, 2.75) is 12.5 Å². The van der Waals surface area contributed by atoms with E-state index in [0.29, 0.717) is 23.7 Å². The van der Waals surface area contributed by atoms with Crippen molar-refractivity contribution in [3.8, 4) is 17.1 Å². The number of carbonyl (C=O) groups excluding carboxylic acids is 1. The second kappa shape index (κ2) is 10.6. The summed E-state index contributed by atoms with van der Waals surface area (Å²) >= 11 is 6.08. The van der Waals surface area contributed by atoms with Gasteiger partial charge >= 0.3 is 0 Å². The predicted molar refractivity (Wildman–Crippen MR) is 116 cm³/mol. The molecule has 162 valence electrons. The first-order valence-corrected chi connectivity index (χ1v) is 9.96. The van der Waals surface area contributed by atoms with E-state index >= 15 is 0 Å². The molecule has 0 radical (unpaired) electrons. The topological polar surface area (TPSA) is 105 Å². The third-order valence-electron chi connectivity index (χ3n) is 4.76. The molecule has 1 aliphatic heterocycles. The first kappa shape index (κ1) is 22.3. The quantitative estimate of drug-likeness (QED) is 0.566. The number of halogens is 1. The van der Waals surface area contributed by atoms with Crippen LogP contribution in [0.5, 0.6) is 5.75 Å². The highest BCUT2D eigenvalue weighted by molar-refractivity contribution is 6.30. The Hall–Kier alpha value is -3.36. The molecule has 0 spiro atoms. The highest BCUT2D eigenvalue weighted by atomic mass is 35.5. The largest absolute Gasteiger partial charge is 0.491 e. The van der Waals surface area contributed by atoms with Crippen LogP contribution in [0.3, 0.4) is 0 Å². The van der Waals surface area contributed by atoms with Gasteiger partial charge < -0.3 is 24.4 Å². The van der Waals surface area contributed by atoms with Gasteiger partial charge in [-0.25, -0.2) is 4.98 Å². The van der Waals surface area contributed by atoms with Gasteiger partial charge in [0, 0.05) is 41.6 Å². The first-order valence-electron chi connectivity index (χ1n) is 9.58. The number of benzene rings is 2. The Labute approximate surface area is 184 Å². The van der Waals surface area contributed by atoms with Crippen LogP contribution in [-0.4, -0.2) is 51.9 Å². The summed E-state index contributed by atoms with van der Waals surface area (Å²) in [4.78, 5) is 27.2. The average Bonchev–Trinajstić information content (AvgIpc) is 3.40. The number of hydrogen-bond acceptors (Lipinski definition) is 5. The standard InChI is InChI=1S/C21H20ClN3O3.CH2O2/c22-16-2-1-3-17(12-16)25-14-18(13-20(25)27)24-9-8-23-21(24)15-4-6-19(7-5-15)28-11-10-26;2-1-3/h1-9,12,18,26H,10-11,13-14H2;1H,(H,2,3). The molecule has 0 saturated carbocycles. The van der Waals surface area contributed by atoms with Gasteiger partial charge in [0.2, 0.25) is 5.91 Å². The van der Waals surface area contributed by atoms with E-state index in [2.05, 4.69) is 4.98 Å². The summed E-state index contributed by atoms with van der Waals surface area (Å²) in [6, 6.07) is 14.9. The van der Waals surface area contributed by atoms with E-state index in [1.807, 2.05) is 53.2 Å². The van der Waals surface area contributed by atoms with Gasteiger partial charge in [-0.15, -0.1) is 0 Å². The Bertz CT molecular complexity index is 1020. The highest BCUT2D eigenvalue weighted by Crippen LogP contribution is 2.32. The smallest absolute Gasteiger partial charge is 0.290 e. The van der Waals surface area contributed by atoms with E-state index in [4.69, 9.17) is 31.3 Å². The number of aromatic nitrogens is 2. The molecule has 9 heteroatoms. The number of hydrogen-bond donors (Lipinski definition) is 2. The maximum absolute atomic E-state index is 12.6. The second-order valence-electron chi connectivity index (χ2n) is 6.70.